The third kappa shape index (κ3) is 3.35. The molecule has 0 spiro atoms. The van der Waals surface area contributed by atoms with Gasteiger partial charge in [-0.2, -0.15) is 0 Å². The van der Waals surface area contributed by atoms with E-state index in [1.807, 2.05) is 39.0 Å². The van der Waals surface area contributed by atoms with Crippen molar-refractivity contribution in [3.63, 3.8) is 0 Å². The lowest BCUT2D eigenvalue weighted by atomic mass is 10.1. The number of nitrogens with one attached hydrogen (secondary N) is 1. The molecule has 1 aliphatic heterocycles. The van der Waals surface area contributed by atoms with E-state index in [1.54, 1.807) is 4.90 Å². The average molecular weight is 290 g/mol. The summed E-state index contributed by atoms with van der Waals surface area (Å²) >= 11 is 0. The smallest absolute Gasteiger partial charge is 0.261 e. The molecule has 5 heteroatoms. The number of benzene rings is 1. The molecular weight excluding hydrogens is 268 g/mol. The molecule has 1 aromatic rings. The molecule has 0 bridgehead atoms. The Morgan fingerprint density at radius 3 is 2.67 bits per heavy atom. The number of hydrogen-bond acceptors (Lipinski definition) is 3. The summed E-state index contributed by atoms with van der Waals surface area (Å²) < 4.78 is 5.69. The minimum absolute atomic E-state index is 0.0323. The van der Waals surface area contributed by atoms with Crippen LogP contribution in [-0.4, -0.2) is 42.5 Å². The second-order valence-corrected chi connectivity index (χ2v) is 5.31. The highest BCUT2D eigenvalue weighted by Crippen LogP contribution is 2.22. The first kappa shape index (κ1) is 15.4. The first-order valence-corrected chi connectivity index (χ1v) is 7.30. The fourth-order valence-electron chi connectivity index (χ4n) is 2.66. The lowest BCUT2D eigenvalue weighted by Crippen LogP contribution is -2.57. The highest BCUT2D eigenvalue weighted by Gasteiger charge is 2.31. The maximum Gasteiger partial charge on any atom is 0.261 e. The average Bonchev–Trinajstić information content (AvgIpc) is 2.46. The summed E-state index contributed by atoms with van der Waals surface area (Å²) in [7, 11) is 0. The number of ether oxygens (including phenoxy) is 1. The SMILES string of the molecule is CCC1C(=O)NCCN1C(=O)COc1c(C)cccc1C. The zero-order valence-electron chi connectivity index (χ0n) is 12.8. The Labute approximate surface area is 125 Å². The van der Waals surface area contributed by atoms with Gasteiger partial charge in [-0.3, -0.25) is 9.59 Å². The van der Waals surface area contributed by atoms with Crippen LogP contribution in [0.2, 0.25) is 0 Å². The fourth-order valence-corrected chi connectivity index (χ4v) is 2.66. The predicted octanol–water partition coefficient (Wildman–Crippen LogP) is 1.42. The molecule has 2 amide bonds. The molecule has 2 rings (SSSR count). The number of rotatable bonds is 4. The summed E-state index contributed by atoms with van der Waals surface area (Å²) in [6, 6.07) is 5.49. The number of aryl methyl sites for hydroxylation is 2. The van der Waals surface area contributed by atoms with Crippen LogP contribution < -0.4 is 10.1 Å². The monoisotopic (exact) mass is 290 g/mol. The predicted molar refractivity (Wildman–Crippen MR) is 80.2 cm³/mol. The van der Waals surface area contributed by atoms with Gasteiger partial charge < -0.3 is 15.0 Å². The van der Waals surface area contributed by atoms with Crippen molar-refractivity contribution in [2.75, 3.05) is 19.7 Å². The van der Waals surface area contributed by atoms with Gasteiger partial charge in [0.25, 0.3) is 5.91 Å². The Morgan fingerprint density at radius 1 is 1.38 bits per heavy atom. The molecule has 0 radical (unpaired) electrons. The highest BCUT2D eigenvalue weighted by atomic mass is 16.5. The summed E-state index contributed by atoms with van der Waals surface area (Å²) in [5.41, 5.74) is 2.01. The topological polar surface area (TPSA) is 58.6 Å². The van der Waals surface area contributed by atoms with E-state index in [9.17, 15) is 9.59 Å². The van der Waals surface area contributed by atoms with Gasteiger partial charge in [0, 0.05) is 13.1 Å². The first-order valence-electron chi connectivity index (χ1n) is 7.30. The quantitative estimate of drug-likeness (QED) is 0.912. The Balaban J connectivity index is 2.02. The van der Waals surface area contributed by atoms with Crippen LogP contribution in [0.3, 0.4) is 0 Å². The van der Waals surface area contributed by atoms with Crippen molar-refractivity contribution in [2.24, 2.45) is 0 Å². The number of nitrogens with zero attached hydrogens (tertiary/aromatic N) is 1. The fraction of sp³-hybridized carbons (Fsp3) is 0.500. The van der Waals surface area contributed by atoms with Crippen molar-refractivity contribution in [3.8, 4) is 5.75 Å². The Morgan fingerprint density at radius 2 is 2.05 bits per heavy atom. The molecule has 1 aromatic carbocycles. The van der Waals surface area contributed by atoms with E-state index in [0.29, 0.717) is 19.5 Å². The molecule has 1 aliphatic rings. The zero-order chi connectivity index (χ0) is 15.4. The molecule has 1 unspecified atom stereocenters. The standard InChI is InChI=1S/C16H22N2O3/c1-4-13-16(20)17-8-9-18(13)14(19)10-21-15-11(2)6-5-7-12(15)3/h5-7,13H,4,8-10H2,1-3H3,(H,17,20). The Bertz CT molecular complexity index is 522. The minimum atomic E-state index is -0.382. The van der Waals surface area contributed by atoms with E-state index in [-0.39, 0.29) is 24.5 Å². The highest BCUT2D eigenvalue weighted by molar-refractivity contribution is 5.89. The number of amides is 2. The summed E-state index contributed by atoms with van der Waals surface area (Å²) in [4.78, 5) is 25.7. The molecule has 1 saturated heterocycles. The maximum atomic E-state index is 12.3. The summed E-state index contributed by atoms with van der Waals surface area (Å²) in [5, 5.41) is 2.79. The van der Waals surface area contributed by atoms with E-state index in [0.717, 1.165) is 16.9 Å². The summed E-state index contributed by atoms with van der Waals surface area (Å²) in [5.74, 6) is 0.531. The normalized spacial score (nSPS) is 18.3. The lowest BCUT2D eigenvalue weighted by Gasteiger charge is -2.34. The third-order valence-corrected chi connectivity index (χ3v) is 3.79. The summed E-state index contributed by atoms with van der Waals surface area (Å²) in [6.07, 6.45) is 0.612. The molecule has 1 heterocycles. The molecule has 5 nitrogen and oxygen atoms in total. The number of hydrogen-bond donors (Lipinski definition) is 1. The second kappa shape index (κ2) is 6.61. The van der Waals surface area contributed by atoms with Gasteiger partial charge in [0.05, 0.1) is 0 Å². The van der Waals surface area contributed by atoms with Crippen LogP contribution in [-0.2, 0) is 9.59 Å². The van der Waals surface area contributed by atoms with E-state index in [1.165, 1.54) is 0 Å². The lowest BCUT2D eigenvalue weighted by molar-refractivity contribution is -0.144. The molecule has 1 fully saturated rings. The van der Waals surface area contributed by atoms with Crippen LogP contribution >= 0.6 is 0 Å². The second-order valence-electron chi connectivity index (χ2n) is 5.31. The van der Waals surface area contributed by atoms with Gasteiger partial charge in [0.2, 0.25) is 5.91 Å². The molecule has 114 valence electrons. The molecule has 0 saturated carbocycles. The number of carbonyl (C=O) groups excluding carboxylic acids is 2. The van der Waals surface area contributed by atoms with Crippen molar-refractivity contribution >= 4 is 11.8 Å². The molecule has 0 aromatic heterocycles. The van der Waals surface area contributed by atoms with E-state index < -0.39 is 0 Å². The largest absolute Gasteiger partial charge is 0.483 e. The Hall–Kier alpha value is -2.04. The van der Waals surface area contributed by atoms with Crippen molar-refractivity contribution < 1.29 is 14.3 Å². The van der Waals surface area contributed by atoms with Gasteiger partial charge in [-0.25, -0.2) is 0 Å². The molecule has 0 aliphatic carbocycles. The molecular formula is C16H22N2O3. The van der Waals surface area contributed by atoms with Gasteiger partial charge >= 0.3 is 0 Å². The van der Waals surface area contributed by atoms with Crippen molar-refractivity contribution in [3.05, 3.63) is 29.3 Å². The number of para-hydroxylation sites is 1. The van der Waals surface area contributed by atoms with Gasteiger partial charge in [0.15, 0.2) is 6.61 Å². The van der Waals surface area contributed by atoms with Crippen molar-refractivity contribution in [1.29, 1.82) is 0 Å². The summed E-state index contributed by atoms with van der Waals surface area (Å²) in [6.45, 7) is 6.83. The van der Waals surface area contributed by atoms with Gasteiger partial charge in [-0.1, -0.05) is 25.1 Å². The van der Waals surface area contributed by atoms with Gasteiger partial charge in [0.1, 0.15) is 11.8 Å². The molecule has 21 heavy (non-hydrogen) atoms. The van der Waals surface area contributed by atoms with E-state index in [2.05, 4.69) is 5.32 Å². The van der Waals surface area contributed by atoms with Crippen LogP contribution in [0.4, 0.5) is 0 Å². The van der Waals surface area contributed by atoms with Crippen LogP contribution in [0.5, 0.6) is 5.75 Å². The van der Waals surface area contributed by atoms with Crippen LogP contribution in [0.15, 0.2) is 18.2 Å². The van der Waals surface area contributed by atoms with Crippen molar-refractivity contribution in [1.82, 2.24) is 10.2 Å². The van der Waals surface area contributed by atoms with Gasteiger partial charge in [-0.15, -0.1) is 0 Å². The maximum absolute atomic E-state index is 12.3. The van der Waals surface area contributed by atoms with Crippen LogP contribution in [0, 0.1) is 13.8 Å². The molecule has 1 N–H and O–H groups in total. The van der Waals surface area contributed by atoms with E-state index in [4.69, 9.17) is 4.74 Å². The number of piperazine rings is 1. The zero-order valence-corrected chi connectivity index (χ0v) is 12.8. The number of carbonyl (C=O) groups is 2. The first-order chi connectivity index (χ1) is 10.0. The minimum Gasteiger partial charge on any atom is -0.483 e. The van der Waals surface area contributed by atoms with Crippen LogP contribution in [0.25, 0.3) is 0 Å². The molecule has 1 atom stereocenters. The third-order valence-electron chi connectivity index (χ3n) is 3.79. The Kier molecular flexibility index (Phi) is 4.83. The van der Waals surface area contributed by atoms with Crippen molar-refractivity contribution in [2.45, 2.75) is 33.2 Å². The van der Waals surface area contributed by atoms with Gasteiger partial charge in [-0.05, 0) is 31.4 Å². The van der Waals surface area contributed by atoms with E-state index >= 15 is 0 Å². The van der Waals surface area contributed by atoms with Crippen LogP contribution in [0.1, 0.15) is 24.5 Å².